The number of rotatable bonds is 5. The first-order chi connectivity index (χ1) is 8.56. The molecule has 0 amide bonds. The van der Waals surface area contributed by atoms with Crippen molar-refractivity contribution < 1.29 is 0 Å². The van der Waals surface area contributed by atoms with E-state index < -0.39 is 0 Å². The largest absolute Gasteiger partial charge is 0.380 e. The SMILES string of the molecule is CC(C)CC(C)N(C)CC1Cc2ccccc2N1. The molecule has 1 aromatic carbocycles. The second-order valence-electron chi connectivity index (χ2n) is 6.12. The minimum atomic E-state index is 0.571. The fourth-order valence-corrected chi connectivity index (χ4v) is 2.88. The zero-order chi connectivity index (χ0) is 13.1. The summed E-state index contributed by atoms with van der Waals surface area (Å²) in [5.41, 5.74) is 2.79. The van der Waals surface area contributed by atoms with Crippen LogP contribution >= 0.6 is 0 Å². The van der Waals surface area contributed by atoms with Gasteiger partial charge in [0.25, 0.3) is 0 Å². The lowest BCUT2D eigenvalue weighted by atomic mass is 10.0. The van der Waals surface area contributed by atoms with Crippen molar-refractivity contribution in [3.8, 4) is 0 Å². The van der Waals surface area contributed by atoms with Crippen molar-refractivity contribution in [2.24, 2.45) is 5.92 Å². The first-order valence-corrected chi connectivity index (χ1v) is 7.11. The second kappa shape index (κ2) is 5.75. The molecule has 100 valence electrons. The Morgan fingerprint density at radius 2 is 2.00 bits per heavy atom. The van der Waals surface area contributed by atoms with Gasteiger partial charge in [0.05, 0.1) is 0 Å². The molecule has 0 aliphatic carbocycles. The van der Waals surface area contributed by atoms with E-state index in [2.05, 4.69) is 62.3 Å². The number of nitrogens with zero attached hydrogens (tertiary/aromatic N) is 1. The van der Waals surface area contributed by atoms with Crippen molar-refractivity contribution in [3.63, 3.8) is 0 Å². The van der Waals surface area contributed by atoms with E-state index >= 15 is 0 Å². The molecule has 2 heteroatoms. The van der Waals surface area contributed by atoms with Gasteiger partial charge in [-0.15, -0.1) is 0 Å². The second-order valence-corrected chi connectivity index (χ2v) is 6.12. The number of nitrogens with one attached hydrogen (secondary N) is 1. The molecule has 1 aliphatic rings. The lowest BCUT2D eigenvalue weighted by Crippen LogP contribution is -2.38. The Morgan fingerprint density at radius 3 is 2.67 bits per heavy atom. The molecule has 2 rings (SSSR count). The molecule has 1 aromatic rings. The molecule has 0 spiro atoms. The number of likely N-dealkylation sites (N-methyl/N-ethyl adjacent to an activating group) is 1. The minimum Gasteiger partial charge on any atom is -0.380 e. The van der Waals surface area contributed by atoms with Crippen molar-refractivity contribution in [3.05, 3.63) is 29.8 Å². The van der Waals surface area contributed by atoms with Crippen LogP contribution in [0, 0.1) is 5.92 Å². The number of fused-ring (bicyclic) bond motifs is 1. The molecule has 2 unspecified atom stereocenters. The molecule has 1 aliphatic heterocycles. The smallest absolute Gasteiger partial charge is 0.0429 e. The van der Waals surface area contributed by atoms with Gasteiger partial charge in [-0.2, -0.15) is 0 Å². The third-order valence-corrected chi connectivity index (χ3v) is 3.92. The zero-order valence-electron chi connectivity index (χ0n) is 12.1. The minimum absolute atomic E-state index is 0.571. The van der Waals surface area contributed by atoms with Crippen LogP contribution in [0.5, 0.6) is 0 Å². The Labute approximate surface area is 111 Å². The third-order valence-electron chi connectivity index (χ3n) is 3.92. The molecule has 2 nitrogen and oxygen atoms in total. The normalized spacial score (nSPS) is 20.0. The van der Waals surface area contributed by atoms with Crippen LogP contribution in [0.25, 0.3) is 0 Å². The lowest BCUT2D eigenvalue weighted by Gasteiger charge is -2.28. The van der Waals surface area contributed by atoms with Gasteiger partial charge in [-0.25, -0.2) is 0 Å². The van der Waals surface area contributed by atoms with Crippen molar-refractivity contribution in [1.29, 1.82) is 0 Å². The molecule has 18 heavy (non-hydrogen) atoms. The molecule has 0 fully saturated rings. The summed E-state index contributed by atoms with van der Waals surface area (Å²) in [5.74, 6) is 0.774. The summed E-state index contributed by atoms with van der Waals surface area (Å²) in [6, 6.07) is 9.90. The fourth-order valence-electron chi connectivity index (χ4n) is 2.88. The lowest BCUT2D eigenvalue weighted by molar-refractivity contribution is 0.221. The maximum atomic E-state index is 3.63. The summed E-state index contributed by atoms with van der Waals surface area (Å²) in [7, 11) is 2.25. The number of anilines is 1. The first kappa shape index (κ1) is 13.4. The van der Waals surface area contributed by atoms with E-state index in [4.69, 9.17) is 0 Å². The van der Waals surface area contributed by atoms with E-state index in [1.165, 1.54) is 17.7 Å². The van der Waals surface area contributed by atoms with Gasteiger partial charge in [0.2, 0.25) is 0 Å². The highest BCUT2D eigenvalue weighted by atomic mass is 15.2. The molecule has 0 bridgehead atoms. The van der Waals surface area contributed by atoms with E-state index in [-0.39, 0.29) is 0 Å². The van der Waals surface area contributed by atoms with Gasteiger partial charge in [0, 0.05) is 24.3 Å². The van der Waals surface area contributed by atoms with Gasteiger partial charge in [-0.3, -0.25) is 0 Å². The quantitative estimate of drug-likeness (QED) is 0.856. The summed E-state index contributed by atoms with van der Waals surface area (Å²) >= 11 is 0. The Bertz CT molecular complexity index is 361. The Balaban J connectivity index is 1.85. The maximum Gasteiger partial charge on any atom is 0.0429 e. The molecule has 0 saturated carbocycles. The number of hydrogen-bond donors (Lipinski definition) is 1. The number of benzene rings is 1. The Morgan fingerprint density at radius 1 is 1.28 bits per heavy atom. The van der Waals surface area contributed by atoms with Crippen LogP contribution < -0.4 is 5.32 Å². The van der Waals surface area contributed by atoms with Crippen LogP contribution in [0.3, 0.4) is 0 Å². The summed E-state index contributed by atoms with van der Waals surface area (Å²) < 4.78 is 0. The van der Waals surface area contributed by atoms with Crippen molar-refractivity contribution in [1.82, 2.24) is 4.90 Å². The van der Waals surface area contributed by atoms with E-state index in [9.17, 15) is 0 Å². The monoisotopic (exact) mass is 246 g/mol. The molecule has 0 saturated heterocycles. The Hall–Kier alpha value is -1.02. The number of hydrogen-bond acceptors (Lipinski definition) is 2. The molecule has 2 atom stereocenters. The van der Waals surface area contributed by atoms with Crippen LogP contribution in [-0.2, 0) is 6.42 Å². The van der Waals surface area contributed by atoms with Gasteiger partial charge >= 0.3 is 0 Å². The van der Waals surface area contributed by atoms with Gasteiger partial charge in [-0.1, -0.05) is 32.0 Å². The highest BCUT2D eigenvalue weighted by Gasteiger charge is 2.22. The van der Waals surface area contributed by atoms with Crippen LogP contribution in [0.1, 0.15) is 32.8 Å². The van der Waals surface area contributed by atoms with E-state index in [1.54, 1.807) is 0 Å². The molecular formula is C16H26N2. The average Bonchev–Trinajstić information content (AvgIpc) is 2.69. The van der Waals surface area contributed by atoms with E-state index in [0.717, 1.165) is 18.9 Å². The zero-order valence-corrected chi connectivity index (χ0v) is 12.1. The molecule has 1 N–H and O–H groups in total. The molecule has 0 aromatic heterocycles. The van der Waals surface area contributed by atoms with E-state index in [0.29, 0.717) is 12.1 Å². The van der Waals surface area contributed by atoms with Gasteiger partial charge in [-0.05, 0) is 44.4 Å². The highest BCUT2D eigenvalue weighted by Crippen LogP contribution is 2.25. The van der Waals surface area contributed by atoms with Gasteiger partial charge < -0.3 is 10.2 Å². The Kier molecular flexibility index (Phi) is 4.28. The van der Waals surface area contributed by atoms with Crippen molar-refractivity contribution in [2.75, 3.05) is 18.9 Å². The highest BCUT2D eigenvalue weighted by molar-refractivity contribution is 5.56. The van der Waals surface area contributed by atoms with Crippen LogP contribution in [0.2, 0.25) is 0 Å². The summed E-state index contributed by atoms with van der Waals surface area (Å²) in [6.45, 7) is 8.06. The standard InChI is InChI=1S/C16H26N2/c1-12(2)9-13(3)18(4)11-15-10-14-7-5-6-8-16(14)17-15/h5-8,12-13,15,17H,9-11H2,1-4H3. The average molecular weight is 246 g/mol. The summed E-state index contributed by atoms with van der Waals surface area (Å²) in [5, 5.41) is 3.63. The predicted octanol–water partition coefficient (Wildman–Crippen LogP) is 3.39. The van der Waals surface area contributed by atoms with Crippen LogP contribution in [0.4, 0.5) is 5.69 Å². The summed E-state index contributed by atoms with van der Waals surface area (Å²) in [6.07, 6.45) is 2.44. The molecular weight excluding hydrogens is 220 g/mol. The molecule has 0 radical (unpaired) electrons. The fraction of sp³-hybridized carbons (Fsp3) is 0.625. The maximum absolute atomic E-state index is 3.63. The first-order valence-electron chi connectivity index (χ1n) is 7.11. The van der Waals surface area contributed by atoms with Crippen molar-refractivity contribution in [2.45, 2.75) is 45.7 Å². The topological polar surface area (TPSA) is 15.3 Å². The van der Waals surface area contributed by atoms with E-state index in [1.807, 2.05) is 0 Å². The third kappa shape index (κ3) is 3.26. The van der Waals surface area contributed by atoms with Crippen molar-refractivity contribution >= 4 is 5.69 Å². The van der Waals surface area contributed by atoms with Gasteiger partial charge in [0.15, 0.2) is 0 Å². The summed E-state index contributed by atoms with van der Waals surface area (Å²) in [4.78, 5) is 2.49. The number of para-hydroxylation sites is 1. The van der Waals surface area contributed by atoms with Gasteiger partial charge in [0.1, 0.15) is 0 Å². The molecule has 1 heterocycles. The predicted molar refractivity (Wildman–Crippen MR) is 79.1 cm³/mol. The van der Waals surface area contributed by atoms with Crippen LogP contribution in [0.15, 0.2) is 24.3 Å². The van der Waals surface area contributed by atoms with Crippen LogP contribution in [-0.4, -0.2) is 30.6 Å².